The fourth-order valence-electron chi connectivity index (χ4n) is 4.17. The number of fused-ring (bicyclic) bond motifs is 1. The largest absolute Gasteiger partial charge is 0.507 e. The molecule has 33 heavy (non-hydrogen) atoms. The van der Waals surface area contributed by atoms with Crippen molar-refractivity contribution in [3.63, 3.8) is 0 Å². The van der Waals surface area contributed by atoms with Crippen LogP contribution in [-0.4, -0.2) is 67.0 Å². The number of Topliss-reactive ketones (excluding diaryl/α,β-unsaturated/α-hetero) is 1. The molecule has 2 aromatic carbocycles. The Labute approximate surface area is 194 Å². The summed E-state index contributed by atoms with van der Waals surface area (Å²) in [5.74, 6) is -0.0459. The smallest absolute Gasteiger partial charge is 0.295 e. The molecule has 2 heterocycles. The summed E-state index contributed by atoms with van der Waals surface area (Å²) < 4.78 is 11.2. The molecular formula is C26H30N2O5. The van der Waals surface area contributed by atoms with Crippen LogP contribution in [0.2, 0.25) is 0 Å². The van der Waals surface area contributed by atoms with Gasteiger partial charge in [0.15, 0.2) is 11.5 Å². The van der Waals surface area contributed by atoms with E-state index >= 15 is 0 Å². The standard InChI is InChI=1S/C26H30N2O5/c1-16(2)17-5-7-18(8-6-17)23-22(25(30)26(31)28(23)12-11-27(3)4)24(29)19-9-10-20-21(15-19)33-14-13-32-20/h5-10,15-16,23,29H,11-14H2,1-4H3/b24-22+. The number of rotatable bonds is 6. The quantitative estimate of drug-likeness (QED) is 0.412. The predicted molar refractivity (Wildman–Crippen MR) is 126 cm³/mol. The first-order valence-corrected chi connectivity index (χ1v) is 11.2. The van der Waals surface area contributed by atoms with Crippen LogP contribution in [0.4, 0.5) is 0 Å². The second kappa shape index (κ2) is 9.27. The van der Waals surface area contributed by atoms with E-state index in [0.717, 1.165) is 11.1 Å². The summed E-state index contributed by atoms with van der Waals surface area (Å²) in [7, 11) is 3.83. The minimum atomic E-state index is -0.681. The van der Waals surface area contributed by atoms with Gasteiger partial charge in [-0.05, 0) is 49.3 Å². The average molecular weight is 451 g/mol. The number of hydrogen-bond acceptors (Lipinski definition) is 6. The Morgan fingerprint density at radius 2 is 1.73 bits per heavy atom. The molecule has 0 spiro atoms. The van der Waals surface area contributed by atoms with Crippen LogP contribution in [0, 0.1) is 0 Å². The number of ether oxygens (including phenoxy) is 2. The zero-order valence-corrected chi connectivity index (χ0v) is 19.5. The van der Waals surface area contributed by atoms with Gasteiger partial charge in [-0.15, -0.1) is 0 Å². The van der Waals surface area contributed by atoms with Crippen LogP contribution in [0.15, 0.2) is 48.0 Å². The molecule has 0 radical (unpaired) electrons. The highest BCUT2D eigenvalue weighted by molar-refractivity contribution is 6.46. The highest BCUT2D eigenvalue weighted by Crippen LogP contribution is 2.41. The number of likely N-dealkylation sites (tertiary alicyclic amines) is 1. The highest BCUT2D eigenvalue weighted by atomic mass is 16.6. The molecule has 7 nitrogen and oxygen atoms in total. The van der Waals surface area contributed by atoms with Crippen molar-refractivity contribution in [2.45, 2.75) is 25.8 Å². The van der Waals surface area contributed by atoms with E-state index in [1.54, 1.807) is 23.1 Å². The third-order valence-electron chi connectivity index (χ3n) is 6.06. The van der Waals surface area contributed by atoms with Crippen molar-refractivity contribution < 1.29 is 24.2 Å². The molecule has 1 amide bonds. The van der Waals surface area contributed by atoms with Crippen LogP contribution >= 0.6 is 0 Å². The van der Waals surface area contributed by atoms with Crippen LogP contribution in [-0.2, 0) is 9.59 Å². The van der Waals surface area contributed by atoms with Crippen molar-refractivity contribution in [3.05, 3.63) is 64.7 Å². The van der Waals surface area contributed by atoms with Gasteiger partial charge in [0.25, 0.3) is 11.7 Å². The van der Waals surface area contributed by atoms with E-state index in [9.17, 15) is 14.7 Å². The van der Waals surface area contributed by atoms with Gasteiger partial charge >= 0.3 is 0 Å². The molecule has 1 fully saturated rings. The molecule has 1 saturated heterocycles. The minimum Gasteiger partial charge on any atom is -0.507 e. The maximum Gasteiger partial charge on any atom is 0.295 e. The van der Waals surface area contributed by atoms with Gasteiger partial charge in [0, 0.05) is 18.7 Å². The topological polar surface area (TPSA) is 79.3 Å². The van der Waals surface area contributed by atoms with Gasteiger partial charge < -0.3 is 24.4 Å². The Morgan fingerprint density at radius 3 is 2.36 bits per heavy atom. The van der Waals surface area contributed by atoms with Crippen LogP contribution in [0.25, 0.3) is 5.76 Å². The van der Waals surface area contributed by atoms with Gasteiger partial charge in [-0.2, -0.15) is 0 Å². The monoisotopic (exact) mass is 450 g/mol. The maximum absolute atomic E-state index is 13.1. The number of ketones is 1. The van der Waals surface area contributed by atoms with Gasteiger partial charge in [0.1, 0.15) is 19.0 Å². The summed E-state index contributed by atoms with van der Waals surface area (Å²) in [6.45, 7) is 6.06. The summed E-state index contributed by atoms with van der Waals surface area (Å²) in [5, 5.41) is 11.3. The summed E-state index contributed by atoms with van der Waals surface area (Å²) in [6, 6.07) is 12.3. The summed E-state index contributed by atoms with van der Waals surface area (Å²) >= 11 is 0. The molecule has 1 unspecified atom stereocenters. The second-order valence-corrected chi connectivity index (χ2v) is 8.98. The lowest BCUT2D eigenvalue weighted by Gasteiger charge is -2.27. The number of hydrogen-bond donors (Lipinski definition) is 1. The number of aliphatic hydroxyl groups is 1. The van der Waals surface area contributed by atoms with Crippen molar-refractivity contribution >= 4 is 17.4 Å². The first kappa shape index (κ1) is 22.9. The Kier molecular flexibility index (Phi) is 6.42. The van der Waals surface area contributed by atoms with E-state index in [1.165, 1.54) is 0 Å². The lowest BCUT2D eigenvalue weighted by molar-refractivity contribution is -0.140. The lowest BCUT2D eigenvalue weighted by Crippen LogP contribution is -2.35. The normalized spacial score (nSPS) is 19.6. The van der Waals surface area contributed by atoms with Crippen LogP contribution < -0.4 is 9.47 Å². The molecule has 0 aliphatic carbocycles. The van der Waals surface area contributed by atoms with E-state index in [2.05, 4.69) is 13.8 Å². The summed E-state index contributed by atoms with van der Waals surface area (Å²) in [4.78, 5) is 29.7. The highest BCUT2D eigenvalue weighted by Gasteiger charge is 2.46. The molecule has 1 atom stereocenters. The lowest BCUT2D eigenvalue weighted by atomic mass is 9.93. The van der Waals surface area contributed by atoms with Crippen molar-refractivity contribution in [3.8, 4) is 11.5 Å². The fraction of sp³-hybridized carbons (Fsp3) is 0.385. The Hall–Kier alpha value is -3.32. The Balaban J connectivity index is 1.81. The summed E-state index contributed by atoms with van der Waals surface area (Å²) in [6.07, 6.45) is 0. The zero-order chi connectivity index (χ0) is 23.7. The van der Waals surface area contributed by atoms with E-state index < -0.39 is 17.7 Å². The number of likely N-dealkylation sites (N-methyl/N-ethyl adjacent to an activating group) is 1. The predicted octanol–water partition coefficient (Wildman–Crippen LogP) is 3.56. The molecule has 2 aliphatic rings. The van der Waals surface area contributed by atoms with Gasteiger partial charge in [-0.25, -0.2) is 0 Å². The molecule has 0 saturated carbocycles. The zero-order valence-electron chi connectivity index (χ0n) is 19.5. The number of carbonyl (C=O) groups is 2. The number of nitrogens with zero attached hydrogens (tertiary/aromatic N) is 2. The van der Waals surface area contributed by atoms with Crippen molar-refractivity contribution in [2.24, 2.45) is 0 Å². The van der Waals surface area contributed by atoms with Crippen molar-refractivity contribution in [2.75, 3.05) is 40.4 Å². The van der Waals surface area contributed by atoms with Crippen molar-refractivity contribution in [1.82, 2.24) is 9.80 Å². The molecule has 2 aliphatic heterocycles. The van der Waals surface area contributed by atoms with Gasteiger partial charge in [0.2, 0.25) is 0 Å². The fourth-order valence-corrected chi connectivity index (χ4v) is 4.17. The van der Waals surface area contributed by atoms with E-state index in [4.69, 9.17) is 9.47 Å². The van der Waals surface area contributed by atoms with Crippen LogP contribution in [0.3, 0.4) is 0 Å². The Bertz CT molecular complexity index is 1090. The van der Waals surface area contributed by atoms with Gasteiger partial charge in [0.05, 0.1) is 11.6 Å². The number of amides is 1. The summed E-state index contributed by atoms with van der Waals surface area (Å²) in [5.41, 5.74) is 2.45. The van der Waals surface area contributed by atoms with Gasteiger partial charge in [-0.1, -0.05) is 38.1 Å². The number of benzene rings is 2. The molecule has 174 valence electrons. The third kappa shape index (κ3) is 4.46. The van der Waals surface area contributed by atoms with E-state index in [0.29, 0.717) is 49.3 Å². The van der Waals surface area contributed by atoms with Crippen LogP contribution in [0.5, 0.6) is 11.5 Å². The van der Waals surface area contributed by atoms with Crippen molar-refractivity contribution in [1.29, 1.82) is 0 Å². The molecular weight excluding hydrogens is 420 g/mol. The van der Waals surface area contributed by atoms with E-state index in [1.807, 2.05) is 43.3 Å². The molecule has 2 aromatic rings. The Morgan fingerprint density at radius 1 is 1.06 bits per heavy atom. The number of carbonyl (C=O) groups excluding carboxylic acids is 2. The van der Waals surface area contributed by atoms with Crippen LogP contribution in [0.1, 0.15) is 42.5 Å². The van der Waals surface area contributed by atoms with Gasteiger partial charge in [-0.3, -0.25) is 9.59 Å². The number of aliphatic hydroxyl groups excluding tert-OH is 1. The molecule has 7 heteroatoms. The van der Waals surface area contributed by atoms with E-state index in [-0.39, 0.29) is 11.3 Å². The minimum absolute atomic E-state index is 0.0905. The molecule has 1 N–H and O–H groups in total. The third-order valence-corrected chi connectivity index (χ3v) is 6.06. The molecule has 0 aromatic heterocycles. The average Bonchev–Trinajstić information content (AvgIpc) is 3.06. The SMILES string of the molecule is CC(C)c1ccc(C2/C(=C(\O)c3ccc4c(c3)OCCO4)C(=O)C(=O)N2CCN(C)C)cc1. The first-order chi connectivity index (χ1) is 15.8. The molecule has 0 bridgehead atoms. The maximum atomic E-state index is 13.1. The second-order valence-electron chi connectivity index (χ2n) is 8.98. The molecule has 4 rings (SSSR count). The first-order valence-electron chi connectivity index (χ1n) is 11.2.